The first kappa shape index (κ1) is 14.8. The van der Waals surface area contributed by atoms with Crippen molar-refractivity contribution < 1.29 is 9.53 Å². The minimum Gasteiger partial charge on any atom is -0.453 e. The molecule has 2 aromatic rings. The van der Waals surface area contributed by atoms with Crippen molar-refractivity contribution in [3.63, 3.8) is 0 Å². The number of rotatable bonds is 4. The Bertz CT molecular complexity index is 688. The van der Waals surface area contributed by atoms with Crippen molar-refractivity contribution in [1.82, 2.24) is 9.55 Å². The highest BCUT2D eigenvalue weighted by Crippen LogP contribution is 2.40. The van der Waals surface area contributed by atoms with Crippen LogP contribution >= 0.6 is 0 Å². The quantitative estimate of drug-likeness (QED) is 0.807. The second kappa shape index (κ2) is 5.59. The van der Waals surface area contributed by atoms with Crippen molar-refractivity contribution in [3.8, 4) is 0 Å². The first-order chi connectivity index (χ1) is 10.5. The lowest BCUT2D eigenvalue weighted by Crippen LogP contribution is -2.43. The highest BCUT2D eigenvalue weighted by molar-refractivity contribution is 5.93. The van der Waals surface area contributed by atoms with Crippen LogP contribution in [0.1, 0.15) is 61.3 Å². The number of esters is 1. The molecular formula is C18H22N2O2. The summed E-state index contributed by atoms with van der Waals surface area (Å²) < 4.78 is 7.88. The van der Waals surface area contributed by atoms with Gasteiger partial charge in [-0.05, 0) is 38.3 Å². The number of carbonyl (C=O) groups excluding carboxylic acids is 1. The highest BCUT2D eigenvalue weighted by atomic mass is 16.6. The summed E-state index contributed by atoms with van der Waals surface area (Å²) in [4.78, 5) is 16.6. The van der Waals surface area contributed by atoms with E-state index in [0.29, 0.717) is 5.56 Å². The van der Waals surface area contributed by atoms with Crippen molar-refractivity contribution in [1.29, 1.82) is 0 Å². The normalized spacial score (nSPS) is 19.6. The van der Waals surface area contributed by atoms with Crippen molar-refractivity contribution in [3.05, 3.63) is 53.6 Å². The minimum absolute atomic E-state index is 0.0456. The molecule has 0 saturated heterocycles. The van der Waals surface area contributed by atoms with Crippen LogP contribution in [0.15, 0.2) is 36.8 Å². The van der Waals surface area contributed by atoms with Crippen LogP contribution in [-0.2, 0) is 11.2 Å². The number of unbranched alkanes of at least 4 members (excludes halogenated alkanes) is 1. The molecule has 1 unspecified atom stereocenters. The van der Waals surface area contributed by atoms with Gasteiger partial charge in [-0.25, -0.2) is 9.78 Å². The van der Waals surface area contributed by atoms with Crippen molar-refractivity contribution in [2.45, 2.75) is 51.7 Å². The predicted molar refractivity (Wildman–Crippen MR) is 84.9 cm³/mol. The Labute approximate surface area is 131 Å². The second-order valence-electron chi connectivity index (χ2n) is 6.38. The summed E-state index contributed by atoms with van der Waals surface area (Å²) in [6.45, 7) is 6.12. The van der Waals surface area contributed by atoms with E-state index in [2.05, 4.69) is 16.5 Å². The van der Waals surface area contributed by atoms with E-state index in [9.17, 15) is 4.79 Å². The monoisotopic (exact) mass is 298 g/mol. The molecule has 0 N–H and O–H groups in total. The second-order valence-corrected chi connectivity index (χ2v) is 6.38. The van der Waals surface area contributed by atoms with E-state index in [0.717, 1.165) is 24.8 Å². The zero-order valence-corrected chi connectivity index (χ0v) is 13.4. The van der Waals surface area contributed by atoms with Crippen LogP contribution in [0.5, 0.6) is 0 Å². The number of aryl methyl sites for hydroxylation is 1. The molecule has 0 bridgehead atoms. The van der Waals surface area contributed by atoms with Crippen LogP contribution in [0.3, 0.4) is 0 Å². The van der Waals surface area contributed by atoms with Gasteiger partial charge in [0, 0.05) is 11.9 Å². The molecule has 2 heterocycles. The zero-order valence-electron chi connectivity index (χ0n) is 13.4. The van der Waals surface area contributed by atoms with Crippen molar-refractivity contribution in [2.24, 2.45) is 0 Å². The molecule has 1 aromatic heterocycles. The Morgan fingerprint density at radius 1 is 1.32 bits per heavy atom. The Balaban J connectivity index is 2.10. The standard InChI is InChI=1S/C18H22N2O2/c1-4-5-8-13-11-19-12-20(13)16-14-9-6-7-10-15(14)17(21)22-18(16,2)3/h6-7,9-12,16H,4-5,8H2,1-3H3. The van der Waals surface area contributed by atoms with Crippen LogP contribution in [0.4, 0.5) is 0 Å². The van der Waals surface area contributed by atoms with E-state index in [1.807, 2.05) is 50.6 Å². The Morgan fingerprint density at radius 2 is 2.09 bits per heavy atom. The first-order valence-corrected chi connectivity index (χ1v) is 7.87. The van der Waals surface area contributed by atoms with Gasteiger partial charge in [-0.2, -0.15) is 0 Å². The maximum Gasteiger partial charge on any atom is 0.339 e. The number of hydrogen-bond acceptors (Lipinski definition) is 3. The number of nitrogens with zero attached hydrogens (tertiary/aromatic N) is 2. The van der Waals surface area contributed by atoms with Gasteiger partial charge < -0.3 is 9.30 Å². The van der Waals surface area contributed by atoms with Gasteiger partial charge in [0.25, 0.3) is 0 Å². The lowest BCUT2D eigenvalue weighted by molar-refractivity contribution is -0.0265. The molecule has 22 heavy (non-hydrogen) atoms. The summed E-state index contributed by atoms with van der Waals surface area (Å²) in [5.74, 6) is -0.243. The number of ether oxygens (including phenoxy) is 1. The third-order valence-corrected chi connectivity index (χ3v) is 4.30. The summed E-state index contributed by atoms with van der Waals surface area (Å²) in [6.07, 6.45) is 7.03. The fourth-order valence-corrected chi connectivity index (χ4v) is 3.25. The average molecular weight is 298 g/mol. The van der Waals surface area contributed by atoms with Gasteiger partial charge in [-0.3, -0.25) is 0 Å². The fourth-order valence-electron chi connectivity index (χ4n) is 3.25. The lowest BCUT2D eigenvalue weighted by atomic mass is 9.85. The molecule has 0 amide bonds. The maximum atomic E-state index is 12.2. The smallest absolute Gasteiger partial charge is 0.339 e. The van der Waals surface area contributed by atoms with Crippen molar-refractivity contribution in [2.75, 3.05) is 0 Å². The van der Waals surface area contributed by atoms with Gasteiger partial charge in [0.2, 0.25) is 0 Å². The molecule has 3 rings (SSSR count). The maximum absolute atomic E-state index is 12.2. The predicted octanol–water partition coefficient (Wildman–Crippen LogP) is 3.76. The van der Waals surface area contributed by atoms with Gasteiger partial charge >= 0.3 is 5.97 Å². The van der Waals surface area contributed by atoms with Gasteiger partial charge in [-0.15, -0.1) is 0 Å². The van der Waals surface area contributed by atoms with E-state index in [4.69, 9.17) is 4.74 Å². The number of aromatic nitrogens is 2. The van der Waals surface area contributed by atoms with Crippen LogP contribution in [0, 0.1) is 0 Å². The molecule has 0 fully saturated rings. The Hall–Kier alpha value is -2.10. The fraction of sp³-hybridized carbons (Fsp3) is 0.444. The van der Waals surface area contributed by atoms with Gasteiger partial charge in [-0.1, -0.05) is 31.5 Å². The summed E-state index contributed by atoms with van der Waals surface area (Å²) in [7, 11) is 0. The van der Waals surface area contributed by atoms with E-state index in [1.54, 1.807) is 0 Å². The summed E-state index contributed by atoms with van der Waals surface area (Å²) in [6, 6.07) is 7.66. The zero-order chi connectivity index (χ0) is 15.7. The average Bonchev–Trinajstić information content (AvgIpc) is 2.92. The largest absolute Gasteiger partial charge is 0.453 e. The van der Waals surface area contributed by atoms with Crippen molar-refractivity contribution >= 4 is 5.97 Å². The molecule has 1 aromatic carbocycles. The Morgan fingerprint density at radius 3 is 2.86 bits per heavy atom. The number of hydrogen-bond donors (Lipinski definition) is 0. The molecule has 0 aliphatic carbocycles. The number of fused-ring (bicyclic) bond motifs is 1. The number of cyclic esters (lactones) is 1. The van der Waals surface area contributed by atoms with E-state index in [-0.39, 0.29) is 12.0 Å². The number of carbonyl (C=O) groups is 1. The third kappa shape index (κ3) is 2.43. The molecule has 1 aliphatic heterocycles. The van der Waals surface area contributed by atoms with Crippen LogP contribution in [0.25, 0.3) is 0 Å². The van der Waals surface area contributed by atoms with Gasteiger partial charge in [0.05, 0.1) is 17.9 Å². The molecule has 0 radical (unpaired) electrons. The SMILES string of the molecule is CCCCc1cncn1C1c2ccccc2C(=O)OC1(C)C. The Kier molecular flexibility index (Phi) is 3.77. The molecule has 1 aliphatic rings. The van der Waals surface area contributed by atoms with Crippen LogP contribution in [0.2, 0.25) is 0 Å². The van der Waals surface area contributed by atoms with E-state index >= 15 is 0 Å². The van der Waals surface area contributed by atoms with Gasteiger partial charge in [0.15, 0.2) is 0 Å². The molecule has 116 valence electrons. The molecule has 1 atom stereocenters. The molecule has 0 saturated carbocycles. The topological polar surface area (TPSA) is 44.1 Å². The summed E-state index contributed by atoms with van der Waals surface area (Å²) >= 11 is 0. The molecule has 4 heteroatoms. The highest BCUT2D eigenvalue weighted by Gasteiger charge is 2.43. The third-order valence-electron chi connectivity index (χ3n) is 4.30. The minimum atomic E-state index is -0.604. The molecule has 0 spiro atoms. The lowest BCUT2D eigenvalue weighted by Gasteiger charge is -2.40. The molecular weight excluding hydrogens is 276 g/mol. The van der Waals surface area contributed by atoms with Crippen LogP contribution in [-0.4, -0.2) is 21.1 Å². The molecule has 4 nitrogen and oxygen atoms in total. The summed E-state index contributed by atoms with van der Waals surface area (Å²) in [5.41, 5.74) is 2.25. The number of benzene rings is 1. The summed E-state index contributed by atoms with van der Waals surface area (Å²) in [5, 5.41) is 0. The van der Waals surface area contributed by atoms with Gasteiger partial charge in [0.1, 0.15) is 5.60 Å². The van der Waals surface area contributed by atoms with Crippen LogP contribution < -0.4 is 0 Å². The van der Waals surface area contributed by atoms with E-state index in [1.165, 1.54) is 5.69 Å². The van der Waals surface area contributed by atoms with E-state index < -0.39 is 5.60 Å². The first-order valence-electron chi connectivity index (χ1n) is 7.87. The number of imidazole rings is 1.